The molecule has 0 bridgehead atoms. The predicted octanol–water partition coefficient (Wildman–Crippen LogP) is 3.33. The lowest BCUT2D eigenvalue weighted by atomic mass is 9.90. The zero-order valence-corrected chi connectivity index (χ0v) is 21.4. The summed E-state index contributed by atoms with van der Waals surface area (Å²) in [6.07, 6.45) is 14.2. The van der Waals surface area contributed by atoms with Crippen LogP contribution in [-0.4, -0.2) is 76.3 Å². The van der Waals surface area contributed by atoms with Crippen molar-refractivity contribution in [1.82, 2.24) is 30.4 Å². The van der Waals surface area contributed by atoms with Crippen LogP contribution in [0.2, 0.25) is 0 Å². The Morgan fingerprint density at radius 2 is 1.81 bits per heavy atom. The van der Waals surface area contributed by atoms with Crippen LogP contribution in [0.1, 0.15) is 73.1 Å². The molecule has 5 rings (SSSR count). The highest BCUT2D eigenvalue weighted by Crippen LogP contribution is 2.25. The number of imidazole rings is 1. The summed E-state index contributed by atoms with van der Waals surface area (Å²) < 4.78 is 0. The largest absolute Gasteiger partial charge is 0.370 e. The summed E-state index contributed by atoms with van der Waals surface area (Å²) in [7, 11) is 0. The molecule has 3 heterocycles. The summed E-state index contributed by atoms with van der Waals surface area (Å²) in [5.41, 5.74) is 1.92. The standard InChI is InChI=1S/C28H41N7O/c36-28(35(20-26-29-13-14-30-26)21-27-31-15-16-32-27)23-7-5-22(6-8-23)19-33-24-9-11-25(12-10-24)34-17-3-1-2-4-18-34/h5-8,13-14,24-25,33H,1-4,9-12,15-21H2,(H,29,30)(H,31,32). The molecule has 0 atom stereocenters. The first-order valence-corrected chi connectivity index (χ1v) is 13.9. The minimum absolute atomic E-state index is 0.00542. The van der Waals surface area contributed by atoms with Crippen LogP contribution in [0.25, 0.3) is 0 Å². The summed E-state index contributed by atoms with van der Waals surface area (Å²) in [6, 6.07) is 9.46. The number of nitrogens with zero attached hydrogens (tertiary/aromatic N) is 4. The number of rotatable bonds is 9. The molecular formula is C28H41N7O. The van der Waals surface area contributed by atoms with E-state index in [1.54, 1.807) is 17.3 Å². The van der Waals surface area contributed by atoms with Crippen molar-refractivity contribution in [1.29, 1.82) is 0 Å². The van der Waals surface area contributed by atoms with Gasteiger partial charge >= 0.3 is 0 Å². The molecule has 3 N–H and O–H groups in total. The molecule has 1 saturated carbocycles. The summed E-state index contributed by atoms with van der Waals surface area (Å²) in [5, 5.41) is 7.04. The fraction of sp³-hybridized carbons (Fsp3) is 0.607. The van der Waals surface area contributed by atoms with Crippen molar-refractivity contribution in [3.63, 3.8) is 0 Å². The lowest BCUT2D eigenvalue weighted by Crippen LogP contribution is -2.42. The van der Waals surface area contributed by atoms with Gasteiger partial charge in [0.2, 0.25) is 0 Å². The first-order valence-electron chi connectivity index (χ1n) is 13.9. The highest BCUT2D eigenvalue weighted by molar-refractivity contribution is 5.97. The minimum Gasteiger partial charge on any atom is -0.370 e. The van der Waals surface area contributed by atoms with Gasteiger partial charge in [0.25, 0.3) is 5.91 Å². The maximum absolute atomic E-state index is 13.3. The van der Waals surface area contributed by atoms with Crippen LogP contribution in [-0.2, 0) is 13.1 Å². The third-order valence-electron chi connectivity index (χ3n) is 7.92. The van der Waals surface area contributed by atoms with Crippen molar-refractivity contribution in [3.05, 3.63) is 53.6 Å². The van der Waals surface area contributed by atoms with Gasteiger partial charge in [0.05, 0.1) is 19.6 Å². The Kier molecular flexibility index (Phi) is 8.67. The smallest absolute Gasteiger partial charge is 0.254 e. The number of H-pyrrole nitrogens is 1. The molecule has 1 aromatic carbocycles. The topological polar surface area (TPSA) is 88.7 Å². The average Bonchev–Trinajstić information content (AvgIpc) is 3.56. The van der Waals surface area contributed by atoms with E-state index in [0.29, 0.717) is 24.7 Å². The third kappa shape index (κ3) is 6.73. The maximum atomic E-state index is 13.3. The van der Waals surface area contributed by atoms with E-state index < -0.39 is 0 Å². The molecule has 0 spiro atoms. The summed E-state index contributed by atoms with van der Waals surface area (Å²) in [4.78, 5) is 29.8. The second-order valence-electron chi connectivity index (χ2n) is 10.5. The average molecular weight is 492 g/mol. The van der Waals surface area contributed by atoms with Gasteiger partial charge in [-0.1, -0.05) is 25.0 Å². The van der Waals surface area contributed by atoms with Crippen LogP contribution in [0.5, 0.6) is 0 Å². The summed E-state index contributed by atoms with van der Waals surface area (Å²) >= 11 is 0. The van der Waals surface area contributed by atoms with Crippen molar-refractivity contribution in [2.45, 2.75) is 76.5 Å². The number of benzene rings is 1. The van der Waals surface area contributed by atoms with Gasteiger partial charge in [-0.3, -0.25) is 9.79 Å². The van der Waals surface area contributed by atoms with Crippen LogP contribution in [0.3, 0.4) is 0 Å². The Hall–Kier alpha value is -2.71. The van der Waals surface area contributed by atoms with Gasteiger partial charge in [-0.05, 0) is 69.3 Å². The summed E-state index contributed by atoms with van der Waals surface area (Å²) in [6.45, 7) is 5.94. The number of aliphatic imine (C=N–C) groups is 1. The molecule has 2 aromatic rings. The second-order valence-corrected chi connectivity index (χ2v) is 10.5. The van der Waals surface area contributed by atoms with E-state index in [2.05, 4.69) is 42.6 Å². The number of hydrogen-bond acceptors (Lipinski definition) is 6. The number of hydrogen-bond donors (Lipinski definition) is 3. The number of aromatic amines is 1. The molecule has 1 aromatic heterocycles. The molecule has 36 heavy (non-hydrogen) atoms. The van der Waals surface area contributed by atoms with Gasteiger partial charge in [-0.25, -0.2) is 4.98 Å². The van der Waals surface area contributed by atoms with Crippen molar-refractivity contribution < 1.29 is 4.79 Å². The molecule has 0 radical (unpaired) electrons. The zero-order valence-electron chi connectivity index (χ0n) is 21.4. The lowest BCUT2D eigenvalue weighted by molar-refractivity contribution is 0.0764. The fourth-order valence-electron chi connectivity index (χ4n) is 5.81. The molecule has 8 heteroatoms. The second kappa shape index (κ2) is 12.5. The van der Waals surface area contributed by atoms with Crippen LogP contribution < -0.4 is 10.6 Å². The quantitative estimate of drug-likeness (QED) is 0.501. The normalized spacial score (nSPS) is 23.1. The third-order valence-corrected chi connectivity index (χ3v) is 7.92. The Bertz CT molecular complexity index is 972. The number of amidine groups is 1. The molecule has 2 aliphatic heterocycles. The number of nitrogens with one attached hydrogen (secondary N) is 3. The number of likely N-dealkylation sites (tertiary alicyclic amines) is 1. The van der Waals surface area contributed by atoms with Crippen LogP contribution in [0.4, 0.5) is 0 Å². The van der Waals surface area contributed by atoms with Gasteiger partial charge < -0.3 is 25.4 Å². The Morgan fingerprint density at radius 3 is 2.47 bits per heavy atom. The predicted molar refractivity (Wildman–Crippen MR) is 143 cm³/mol. The molecule has 194 valence electrons. The molecule has 8 nitrogen and oxygen atoms in total. The molecule has 1 amide bonds. The Balaban J connectivity index is 1.11. The van der Waals surface area contributed by atoms with Crippen molar-refractivity contribution >= 4 is 11.7 Å². The van der Waals surface area contributed by atoms with E-state index in [0.717, 1.165) is 37.3 Å². The number of amides is 1. The SMILES string of the molecule is O=C(c1ccc(CNC2CCC(N3CCCCCC3)CC2)cc1)N(CC1=NCCN1)Cc1ncc[nH]1. The molecular weight excluding hydrogens is 450 g/mol. The van der Waals surface area contributed by atoms with E-state index in [9.17, 15) is 4.79 Å². The number of aromatic nitrogens is 2. The zero-order chi connectivity index (χ0) is 24.6. The van der Waals surface area contributed by atoms with E-state index >= 15 is 0 Å². The highest BCUT2D eigenvalue weighted by Gasteiger charge is 2.26. The van der Waals surface area contributed by atoms with Gasteiger partial charge in [-0.15, -0.1) is 0 Å². The van der Waals surface area contributed by atoms with Crippen LogP contribution in [0, 0.1) is 0 Å². The van der Waals surface area contributed by atoms with Gasteiger partial charge in [0.1, 0.15) is 11.7 Å². The Labute approximate surface area is 215 Å². The monoisotopic (exact) mass is 491 g/mol. The first-order chi connectivity index (χ1) is 17.7. The van der Waals surface area contributed by atoms with Crippen molar-refractivity contribution in [3.8, 4) is 0 Å². The van der Waals surface area contributed by atoms with E-state index in [1.807, 2.05) is 12.1 Å². The summed E-state index contributed by atoms with van der Waals surface area (Å²) in [5.74, 6) is 1.63. The number of carbonyl (C=O) groups excluding carboxylic acids is 1. The highest BCUT2D eigenvalue weighted by atomic mass is 16.2. The molecule has 1 saturated heterocycles. The van der Waals surface area contributed by atoms with E-state index in [4.69, 9.17) is 0 Å². The van der Waals surface area contributed by atoms with Crippen molar-refractivity contribution in [2.75, 3.05) is 32.7 Å². The van der Waals surface area contributed by atoms with E-state index in [1.165, 1.54) is 70.0 Å². The van der Waals surface area contributed by atoms with Gasteiger partial charge in [-0.2, -0.15) is 0 Å². The molecule has 1 aliphatic carbocycles. The first kappa shape index (κ1) is 25.0. The van der Waals surface area contributed by atoms with Crippen LogP contribution >= 0.6 is 0 Å². The fourth-order valence-corrected chi connectivity index (χ4v) is 5.81. The number of carbonyl (C=O) groups is 1. The molecule has 0 unspecified atom stereocenters. The van der Waals surface area contributed by atoms with E-state index in [-0.39, 0.29) is 5.91 Å². The minimum atomic E-state index is -0.00542. The molecule has 3 aliphatic rings. The maximum Gasteiger partial charge on any atom is 0.254 e. The van der Waals surface area contributed by atoms with Gasteiger partial charge in [0.15, 0.2) is 0 Å². The Morgan fingerprint density at radius 1 is 1.03 bits per heavy atom. The molecule has 2 fully saturated rings. The van der Waals surface area contributed by atoms with Gasteiger partial charge in [0, 0.05) is 43.1 Å². The van der Waals surface area contributed by atoms with Crippen LogP contribution in [0.15, 0.2) is 41.7 Å². The van der Waals surface area contributed by atoms with Crippen molar-refractivity contribution in [2.24, 2.45) is 4.99 Å². The lowest BCUT2D eigenvalue weighted by Gasteiger charge is -2.36.